The van der Waals surface area contributed by atoms with E-state index in [9.17, 15) is 0 Å². The number of hydrogen-bond donors (Lipinski definition) is 3. The number of aliphatic hydroxyl groups is 3. The van der Waals surface area contributed by atoms with Gasteiger partial charge in [-0.3, -0.25) is 0 Å². The third kappa shape index (κ3) is 158. The Balaban J connectivity index is -0.0000000553. The van der Waals surface area contributed by atoms with Gasteiger partial charge in [-0.25, -0.2) is 0 Å². The van der Waals surface area contributed by atoms with E-state index in [4.69, 9.17) is 61.7 Å². The van der Waals surface area contributed by atoms with Crippen LogP contribution in [0.4, 0.5) is 0 Å². The Kier molecular flexibility index (Phi) is 76.6. The summed E-state index contributed by atoms with van der Waals surface area (Å²) in [5.41, 5.74) is 0. The Hall–Kier alpha value is 1.000. The summed E-state index contributed by atoms with van der Waals surface area (Å²) in [6.45, 7) is 0.316. The van der Waals surface area contributed by atoms with Crippen molar-refractivity contribution in [3.63, 3.8) is 0 Å². The molecule has 0 atom stereocenters. The molecule has 0 saturated carbocycles. The van der Waals surface area contributed by atoms with Gasteiger partial charge in [-0.05, 0) is 0 Å². The molecule has 0 aromatic carbocycles. The Morgan fingerprint density at radius 2 is 1.07 bits per heavy atom. The molecule has 15 heavy (non-hydrogen) atoms. The molecule has 0 radical (unpaired) electrons. The van der Waals surface area contributed by atoms with Crippen LogP contribution in [0.5, 0.6) is 0 Å². The number of hydrogen-bond acceptors (Lipinski definition) is 4. The Bertz CT molecular complexity index is 56.3. The van der Waals surface area contributed by atoms with E-state index in [1.165, 1.54) is 0 Å². The summed E-state index contributed by atoms with van der Waals surface area (Å²) in [4.78, 5) is 0. The Labute approximate surface area is 111 Å². The highest BCUT2D eigenvalue weighted by atomic mass is 35.5. The minimum Gasteiger partial charge on any atom is -0.394 e. The molecule has 8 heteroatoms. The first-order chi connectivity index (χ1) is 7.16. The summed E-state index contributed by atoms with van der Waals surface area (Å²) in [5.74, 6) is 0. The fourth-order valence-electron chi connectivity index (χ4n) is 0.0913. The highest BCUT2D eigenvalue weighted by Gasteiger charge is 1.67. The van der Waals surface area contributed by atoms with Crippen molar-refractivity contribution in [3.8, 4) is 0 Å². The molecule has 0 saturated heterocycles. The molecule has 0 aliphatic carbocycles. The maximum Gasteiger partial charge on any atom is 0.0967 e. The van der Waals surface area contributed by atoms with Gasteiger partial charge in [0.1, 0.15) is 0 Å². The minimum absolute atomic E-state index is 0.122. The Morgan fingerprint density at radius 1 is 0.800 bits per heavy atom. The van der Waals surface area contributed by atoms with Gasteiger partial charge < -0.3 is 20.1 Å². The monoisotopic (exact) mass is 306 g/mol. The fraction of sp³-hybridized carbons (Fsp3) is 1.00. The summed E-state index contributed by atoms with van der Waals surface area (Å²) < 4.78 is 4.44. The number of ether oxygens (including phenoxy) is 1. The van der Waals surface area contributed by atoms with Crippen LogP contribution in [0.2, 0.25) is 0 Å². The van der Waals surface area contributed by atoms with Crippen LogP contribution in [0.25, 0.3) is 0 Å². The molecule has 0 aliphatic heterocycles. The third-order valence-electron chi connectivity index (χ3n) is 0.395. The quantitative estimate of drug-likeness (QED) is 0.690. The number of aliphatic hydroxyl groups excluding tert-OH is 3. The van der Waals surface area contributed by atoms with E-state index in [0.29, 0.717) is 6.61 Å². The molecule has 0 amide bonds. The second-order valence-corrected chi connectivity index (χ2v) is 2.98. The van der Waals surface area contributed by atoms with Gasteiger partial charge in [0.15, 0.2) is 0 Å². The predicted molar refractivity (Wildman–Crippen MR) is 66.3 cm³/mol. The predicted octanol–water partition coefficient (Wildman–Crippen LogP) is 1.44. The van der Waals surface area contributed by atoms with Gasteiger partial charge in [0.2, 0.25) is 0 Å². The number of rotatable bonds is 3. The molecule has 0 spiro atoms. The van der Waals surface area contributed by atoms with E-state index in [1.807, 2.05) is 0 Å². The van der Waals surface area contributed by atoms with Crippen LogP contribution in [-0.2, 0) is 4.74 Å². The second-order valence-electron chi connectivity index (χ2n) is 1.37. The number of alkyl halides is 4. The summed E-state index contributed by atoms with van der Waals surface area (Å²) >= 11 is 19.1. The standard InChI is InChI=1S/C3H8O2.C2H6O2.2CH2Cl2/c1-5-3-2-4;3-1-2-4;2*2-1-3/h4H,2-3H2,1H3;3-4H,1-2H2;2*1H2. The van der Waals surface area contributed by atoms with Crippen LogP contribution >= 0.6 is 46.4 Å². The van der Waals surface area contributed by atoms with Gasteiger partial charge in [-0.15, -0.1) is 46.4 Å². The highest BCUT2D eigenvalue weighted by molar-refractivity contribution is 6.40. The first-order valence-corrected chi connectivity index (χ1v) is 5.85. The molecule has 4 nitrogen and oxygen atoms in total. The van der Waals surface area contributed by atoms with Gasteiger partial charge in [-0.2, -0.15) is 0 Å². The molecule has 0 bridgehead atoms. The first kappa shape index (κ1) is 25.0. The lowest BCUT2D eigenvalue weighted by molar-refractivity contribution is 0.135. The van der Waals surface area contributed by atoms with Crippen molar-refractivity contribution >= 4 is 46.4 Å². The van der Waals surface area contributed by atoms with Gasteiger partial charge >= 0.3 is 0 Å². The third-order valence-corrected chi connectivity index (χ3v) is 0.395. The van der Waals surface area contributed by atoms with Crippen LogP contribution in [0.1, 0.15) is 0 Å². The zero-order valence-corrected chi connectivity index (χ0v) is 11.5. The molecule has 3 N–H and O–H groups in total. The number of halogens is 4. The van der Waals surface area contributed by atoms with Gasteiger partial charge in [0.25, 0.3) is 0 Å². The lowest BCUT2D eigenvalue weighted by Gasteiger charge is -1.84. The first-order valence-electron chi connectivity index (χ1n) is 3.71. The number of methoxy groups -OCH3 is 1. The zero-order valence-electron chi connectivity index (χ0n) is 8.50. The van der Waals surface area contributed by atoms with Crippen molar-refractivity contribution in [2.45, 2.75) is 0 Å². The zero-order chi connectivity index (χ0) is 12.9. The topological polar surface area (TPSA) is 69.9 Å². The maximum atomic E-state index is 7.94. The van der Waals surface area contributed by atoms with Crippen molar-refractivity contribution in [1.82, 2.24) is 0 Å². The fourth-order valence-corrected chi connectivity index (χ4v) is 0.0913. The highest BCUT2D eigenvalue weighted by Crippen LogP contribution is 1.73. The summed E-state index contributed by atoms with van der Waals surface area (Å²) in [5, 5.41) is 23.6. The SMILES string of the molecule is COCCO.ClCCl.ClCCl.OCCO. The van der Waals surface area contributed by atoms with E-state index in [2.05, 4.69) is 4.74 Å². The lowest BCUT2D eigenvalue weighted by Crippen LogP contribution is -1.91. The molecular weight excluding hydrogens is 290 g/mol. The van der Waals surface area contributed by atoms with Crippen molar-refractivity contribution in [2.24, 2.45) is 0 Å². The summed E-state index contributed by atoms with van der Waals surface area (Å²) in [7, 11) is 1.55. The molecule has 0 unspecified atom stereocenters. The second kappa shape index (κ2) is 45.9. The van der Waals surface area contributed by atoms with E-state index >= 15 is 0 Å². The van der Waals surface area contributed by atoms with Crippen molar-refractivity contribution in [3.05, 3.63) is 0 Å². The maximum absolute atomic E-state index is 7.94. The normalized spacial score (nSPS) is 7.20. The van der Waals surface area contributed by atoms with Crippen LogP contribution < -0.4 is 0 Å². The van der Waals surface area contributed by atoms with Gasteiger partial charge in [0.05, 0.1) is 37.1 Å². The molecule has 0 aromatic heterocycles. The van der Waals surface area contributed by atoms with Crippen LogP contribution in [0, 0.1) is 0 Å². The van der Waals surface area contributed by atoms with Crippen molar-refractivity contribution in [2.75, 3.05) is 44.2 Å². The molecular formula is C7H18Cl4O4. The summed E-state index contributed by atoms with van der Waals surface area (Å²) in [6, 6.07) is 0. The van der Waals surface area contributed by atoms with E-state index in [0.717, 1.165) is 0 Å². The molecule has 98 valence electrons. The largest absolute Gasteiger partial charge is 0.394 e. The van der Waals surface area contributed by atoms with E-state index < -0.39 is 0 Å². The van der Waals surface area contributed by atoms with Crippen LogP contribution in [0.15, 0.2) is 0 Å². The van der Waals surface area contributed by atoms with Gasteiger partial charge in [0, 0.05) is 7.11 Å². The molecule has 0 rings (SSSR count). The van der Waals surface area contributed by atoms with Crippen molar-refractivity contribution in [1.29, 1.82) is 0 Å². The average molecular weight is 308 g/mol. The average Bonchev–Trinajstić information content (AvgIpc) is 2.22. The molecule has 0 heterocycles. The van der Waals surface area contributed by atoms with Gasteiger partial charge in [-0.1, -0.05) is 0 Å². The van der Waals surface area contributed by atoms with Crippen LogP contribution in [-0.4, -0.2) is 59.5 Å². The molecule has 0 fully saturated rings. The Morgan fingerprint density at radius 3 is 1.07 bits per heavy atom. The molecule has 0 aromatic rings. The smallest absolute Gasteiger partial charge is 0.0967 e. The van der Waals surface area contributed by atoms with E-state index in [-0.39, 0.29) is 30.5 Å². The van der Waals surface area contributed by atoms with Crippen molar-refractivity contribution < 1.29 is 20.1 Å². The molecule has 0 aliphatic rings. The van der Waals surface area contributed by atoms with Crippen LogP contribution in [0.3, 0.4) is 0 Å². The lowest BCUT2D eigenvalue weighted by atomic mass is 10.8. The van der Waals surface area contributed by atoms with E-state index in [1.54, 1.807) is 7.11 Å². The summed E-state index contributed by atoms with van der Waals surface area (Å²) in [6.07, 6.45) is 0. The minimum atomic E-state index is -0.125.